The van der Waals surface area contributed by atoms with Crippen molar-refractivity contribution in [2.45, 2.75) is 45.4 Å². The molecule has 1 aliphatic heterocycles. The highest BCUT2D eigenvalue weighted by Gasteiger charge is 2.34. The molecule has 1 atom stereocenters. The molecule has 1 unspecified atom stereocenters. The fraction of sp³-hybridized carbons (Fsp3) is 0.524. The summed E-state index contributed by atoms with van der Waals surface area (Å²) in [6, 6.07) is 5.67. The molecule has 0 aromatic heterocycles. The lowest BCUT2D eigenvalue weighted by molar-refractivity contribution is -0.128. The zero-order valence-corrected chi connectivity index (χ0v) is 15.7. The lowest BCUT2D eigenvalue weighted by Gasteiger charge is -2.19. The van der Waals surface area contributed by atoms with E-state index >= 15 is 0 Å². The van der Waals surface area contributed by atoms with E-state index in [0.717, 1.165) is 31.4 Å². The second kappa shape index (κ2) is 8.39. The molecule has 5 nitrogen and oxygen atoms in total. The number of likely N-dealkylation sites (tertiary alicyclic amines) is 1. The summed E-state index contributed by atoms with van der Waals surface area (Å²) in [4.78, 5) is 26.8. The highest BCUT2D eigenvalue weighted by atomic mass is 16.5. The van der Waals surface area contributed by atoms with Gasteiger partial charge in [0.25, 0.3) is 0 Å². The van der Waals surface area contributed by atoms with E-state index in [0.29, 0.717) is 24.4 Å². The lowest BCUT2D eigenvalue weighted by atomic mass is 9.97. The monoisotopic (exact) mass is 356 g/mol. The lowest BCUT2D eigenvalue weighted by Crippen LogP contribution is -2.29. The standard InChI is InChI=1S/C21H28N2O3/c1-15-8-9-19(26-2)18(12-15)22-21(25)17-13-20(24)23(14-17)11-10-16-6-4-3-5-7-16/h6,8-9,12,17H,3-5,7,10-11,13-14H2,1-2H3,(H,22,25). The van der Waals surface area contributed by atoms with Crippen molar-refractivity contribution in [1.29, 1.82) is 0 Å². The first kappa shape index (κ1) is 18.5. The van der Waals surface area contributed by atoms with Gasteiger partial charge in [0.1, 0.15) is 5.75 Å². The molecule has 5 heteroatoms. The van der Waals surface area contributed by atoms with Gasteiger partial charge in [-0.1, -0.05) is 17.7 Å². The third kappa shape index (κ3) is 4.45. The van der Waals surface area contributed by atoms with E-state index in [9.17, 15) is 9.59 Å². The van der Waals surface area contributed by atoms with E-state index < -0.39 is 0 Å². The van der Waals surface area contributed by atoms with Crippen molar-refractivity contribution in [2.24, 2.45) is 5.92 Å². The van der Waals surface area contributed by atoms with Crippen LogP contribution in [0.4, 0.5) is 5.69 Å². The van der Waals surface area contributed by atoms with Crippen LogP contribution >= 0.6 is 0 Å². The molecule has 1 fully saturated rings. The second-order valence-corrected chi connectivity index (χ2v) is 7.29. The van der Waals surface area contributed by atoms with E-state index in [1.54, 1.807) is 7.11 Å². The Morgan fingerprint density at radius 2 is 2.19 bits per heavy atom. The van der Waals surface area contributed by atoms with Crippen molar-refractivity contribution in [1.82, 2.24) is 4.90 Å². The Labute approximate surface area is 155 Å². The predicted molar refractivity (Wildman–Crippen MR) is 102 cm³/mol. The van der Waals surface area contributed by atoms with Crippen molar-refractivity contribution in [2.75, 3.05) is 25.5 Å². The van der Waals surface area contributed by atoms with Crippen LogP contribution in [0, 0.1) is 12.8 Å². The summed E-state index contributed by atoms with van der Waals surface area (Å²) < 4.78 is 5.31. The van der Waals surface area contributed by atoms with E-state index in [4.69, 9.17) is 4.74 Å². The van der Waals surface area contributed by atoms with Gasteiger partial charge in [-0.15, -0.1) is 0 Å². The maximum absolute atomic E-state index is 12.6. The van der Waals surface area contributed by atoms with Gasteiger partial charge in [-0.2, -0.15) is 0 Å². The predicted octanol–water partition coefficient (Wildman–Crippen LogP) is 3.68. The van der Waals surface area contributed by atoms with Crippen molar-refractivity contribution >= 4 is 17.5 Å². The number of aryl methyl sites for hydroxylation is 1. The Hall–Kier alpha value is -2.30. The molecule has 2 aliphatic rings. The van der Waals surface area contributed by atoms with Gasteiger partial charge in [0.15, 0.2) is 0 Å². The summed E-state index contributed by atoms with van der Waals surface area (Å²) in [5, 5.41) is 2.94. The number of amides is 2. The van der Waals surface area contributed by atoms with Crippen LogP contribution < -0.4 is 10.1 Å². The molecule has 1 aromatic carbocycles. The number of carbonyl (C=O) groups excluding carboxylic acids is 2. The highest BCUT2D eigenvalue weighted by molar-refractivity contribution is 5.98. The Kier molecular flexibility index (Phi) is 5.96. The number of nitrogens with one attached hydrogen (secondary N) is 1. The van der Waals surface area contributed by atoms with Crippen molar-refractivity contribution in [3.8, 4) is 5.75 Å². The van der Waals surface area contributed by atoms with Crippen LogP contribution in [0.1, 0.15) is 44.1 Å². The van der Waals surface area contributed by atoms with E-state index in [1.165, 1.54) is 18.4 Å². The number of nitrogens with zero attached hydrogens (tertiary/aromatic N) is 1. The third-order valence-electron chi connectivity index (χ3n) is 5.29. The van der Waals surface area contributed by atoms with Gasteiger partial charge in [-0.25, -0.2) is 0 Å². The average molecular weight is 356 g/mol. The molecule has 3 rings (SSSR count). The summed E-state index contributed by atoms with van der Waals surface area (Å²) in [5.74, 6) is 0.307. The van der Waals surface area contributed by atoms with Gasteiger partial charge in [0, 0.05) is 19.5 Å². The molecular formula is C21H28N2O3. The van der Waals surface area contributed by atoms with Crippen LogP contribution in [-0.2, 0) is 9.59 Å². The summed E-state index contributed by atoms with van der Waals surface area (Å²) >= 11 is 0. The number of hydrogen-bond donors (Lipinski definition) is 1. The maximum Gasteiger partial charge on any atom is 0.229 e. The van der Waals surface area contributed by atoms with E-state index in [1.807, 2.05) is 30.0 Å². The molecule has 0 spiro atoms. The fourth-order valence-electron chi connectivity index (χ4n) is 3.73. The smallest absolute Gasteiger partial charge is 0.229 e. The molecule has 1 N–H and O–H groups in total. The van der Waals surface area contributed by atoms with Crippen LogP contribution in [0.2, 0.25) is 0 Å². The first-order valence-corrected chi connectivity index (χ1v) is 9.48. The summed E-state index contributed by atoms with van der Waals surface area (Å²) in [7, 11) is 1.58. The van der Waals surface area contributed by atoms with Crippen LogP contribution in [0.15, 0.2) is 29.8 Å². The number of methoxy groups -OCH3 is 1. The topological polar surface area (TPSA) is 58.6 Å². The zero-order chi connectivity index (χ0) is 18.5. The Morgan fingerprint density at radius 3 is 2.92 bits per heavy atom. The third-order valence-corrected chi connectivity index (χ3v) is 5.29. The van der Waals surface area contributed by atoms with E-state index in [-0.39, 0.29) is 17.7 Å². The minimum Gasteiger partial charge on any atom is -0.495 e. The number of ether oxygens (including phenoxy) is 1. The quantitative estimate of drug-likeness (QED) is 0.791. The molecule has 140 valence electrons. The molecule has 0 saturated carbocycles. The van der Waals surface area contributed by atoms with Crippen LogP contribution in [0.5, 0.6) is 5.75 Å². The van der Waals surface area contributed by atoms with Gasteiger partial charge in [-0.3, -0.25) is 9.59 Å². The van der Waals surface area contributed by atoms with Gasteiger partial charge in [-0.05, 0) is 56.7 Å². The van der Waals surface area contributed by atoms with Crippen molar-refractivity contribution < 1.29 is 14.3 Å². The summed E-state index contributed by atoms with van der Waals surface area (Å²) in [5.41, 5.74) is 3.17. The number of carbonyl (C=O) groups is 2. The molecule has 1 aromatic rings. The molecule has 0 radical (unpaired) electrons. The SMILES string of the molecule is COc1ccc(C)cc1NC(=O)C1CC(=O)N(CCC2=CCCCC2)C1. The highest BCUT2D eigenvalue weighted by Crippen LogP contribution is 2.28. The van der Waals surface area contributed by atoms with Gasteiger partial charge >= 0.3 is 0 Å². The van der Waals surface area contributed by atoms with Crippen molar-refractivity contribution in [3.05, 3.63) is 35.4 Å². The minimum atomic E-state index is -0.298. The molecule has 2 amide bonds. The largest absolute Gasteiger partial charge is 0.495 e. The molecular weight excluding hydrogens is 328 g/mol. The number of anilines is 1. The Morgan fingerprint density at radius 1 is 1.35 bits per heavy atom. The molecule has 26 heavy (non-hydrogen) atoms. The zero-order valence-electron chi connectivity index (χ0n) is 15.7. The minimum absolute atomic E-state index is 0.0813. The van der Waals surface area contributed by atoms with Crippen LogP contribution in [0.3, 0.4) is 0 Å². The van der Waals surface area contributed by atoms with Gasteiger partial charge in [0.05, 0.1) is 18.7 Å². The van der Waals surface area contributed by atoms with Crippen LogP contribution in [-0.4, -0.2) is 36.9 Å². The normalized spacial score (nSPS) is 20.1. The van der Waals surface area contributed by atoms with E-state index in [2.05, 4.69) is 11.4 Å². The number of hydrogen-bond acceptors (Lipinski definition) is 3. The number of rotatable bonds is 6. The fourth-order valence-corrected chi connectivity index (χ4v) is 3.73. The number of allylic oxidation sites excluding steroid dienone is 1. The van der Waals surface area contributed by atoms with Crippen LogP contribution in [0.25, 0.3) is 0 Å². The molecule has 0 bridgehead atoms. The van der Waals surface area contributed by atoms with Gasteiger partial charge in [0.2, 0.25) is 11.8 Å². The van der Waals surface area contributed by atoms with Gasteiger partial charge < -0.3 is 15.0 Å². The number of benzene rings is 1. The first-order chi connectivity index (χ1) is 12.6. The molecule has 1 saturated heterocycles. The average Bonchev–Trinajstić information content (AvgIpc) is 3.02. The molecule has 1 aliphatic carbocycles. The summed E-state index contributed by atoms with van der Waals surface area (Å²) in [6.45, 7) is 3.20. The molecule has 1 heterocycles. The van der Waals surface area contributed by atoms with Crippen molar-refractivity contribution in [3.63, 3.8) is 0 Å². The first-order valence-electron chi connectivity index (χ1n) is 9.48. The Bertz CT molecular complexity index is 711. The maximum atomic E-state index is 12.6. The summed E-state index contributed by atoms with van der Waals surface area (Å²) in [6.07, 6.45) is 8.38. The second-order valence-electron chi connectivity index (χ2n) is 7.29. The Balaban J connectivity index is 1.57.